The van der Waals surface area contributed by atoms with E-state index in [1.165, 1.54) is 10.8 Å². The van der Waals surface area contributed by atoms with Gasteiger partial charge in [-0.25, -0.2) is 0 Å². The first-order chi connectivity index (χ1) is 9.16. The Kier molecular flexibility index (Phi) is 2.71. The second-order valence-corrected chi connectivity index (χ2v) is 4.82. The molecule has 0 unspecified atom stereocenters. The number of ketones is 1. The summed E-state index contributed by atoms with van der Waals surface area (Å²) in [6.07, 6.45) is 1.91. The molecule has 1 heterocycles. The molecule has 2 nitrogen and oxygen atoms in total. The SMILES string of the molecule is CC(=O)c1c(-c2ccc3ccccc3c2)c[nH]c1C. The van der Waals surface area contributed by atoms with Crippen LogP contribution in [-0.4, -0.2) is 10.8 Å². The first-order valence-electron chi connectivity index (χ1n) is 6.35. The van der Waals surface area contributed by atoms with Crippen molar-refractivity contribution in [3.8, 4) is 11.1 Å². The lowest BCUT2D eigenvalue weighted by Crippen LogP contribution is -1.95. The summed E-state index contributed by atoms with van der Waals surface area (Å²) in [5.74, 6) is 0.0990. The lowest BCUT2D eigenvalue weighted by Gasteiger charge is -2.04. The third kappa shape index (κ3) is 1.95. The Morgan fingerprint density at radius 1 is 1.05 bits per heavy atom. The van der Waals surface area contributed by atoms with Crippen LogP contribution in [-0.2, 0) is 0 Å². The molecule has 0 saturated heterocycles. The number of H-pyrrole nitrogens is 1. The van der Waals surface area contributed by atoms with Crippen molar-refractivity contribution in [3.05, 3.63) is 59.9 Å². The molecule has 0 amide bonds. The van der Waals surface area contributed by atoms with Gasteiger partial charge >= 0.3 is 0 Å². The number of aromatic amines is 1. The van der Waals surface area contributed by atoms with E-state index >= 15 is 0 Å². The molecule has 94 valence electrons. The lowest BCUT2D eigenvalue weighted by atomic mass is 9.98. The summed E-state index contributed by atoms with van der Waals surface area (Å²) in [6.45, 7) is 3.54. The number of fused-ring (bicyclic) bond motifs is 1. The van der Waals surface area contributed by atoms with Gasteiger partial charge in [-0.15, -0.1) is 0 Å². The van der Waals surface area contributed by atoms with E-state index in [0.717, 1.165) is 22.4 Å². The summed E-state index contributed by atoms with van der Waals surface area (Å²) in [5.41, 5.74) is 3.77. The molecular formula is C17H15NO. The fraction of sp³-hybridized carbons (Fsp3) is 0.118. The highest BCUT2D eigenvalue weighted by Gasteiger charge is 2.14. The minimum atomic E-state index is 0.0990. The van der Waals surface area contributed by atoms with Gasteiger partial charge in [0.25, 0.3) is 0 Å². The van der Waals surface area contributed by atoms with Crippen molar-refractivity contribution in [2.75, 3.05) is 0 Å². The zero-order chi connectivity index (χ0) is 13.4. The smallest absolute Gasteiger partial charge is 0.162 e. The monoisotopic (exact) mass is 249 g/mol. The van der Waals surface area contributed by atoms with Crippen LogP contribution in [0.5, 0.6) is 0 Å². The summed E-state index contributed by atoms with van der Waals surface area (Å²) in [7, 11) is 0. The number of rotatable bonds is 2. The van der Waals surface area contributed by atoms with Crippen LogP contribution in [0.15, 0.2) is 48.7 Å². The number of hydrogen-bond acceptors (Lipinski definition) is 1. The maximum Gasteiger partial charge on any atom is 0.162 e. The molecule has 0 atom stereocenters. The number of carbonyl (C=O) groups excluding carboxylic acids is 1. The molecule has 0 bridgehead atoms. The molecule has 0 fully saturated rings. The largest absolute Gasteiger partial charge is 0.364 e. The van der Waals surface area contributed by atoms with Gasteiger partial charge in [-0.1, -0.05) is 36.4 Å². The van der Waals surface area contributed by atoms with Crippen LogP contribution in [0.3, 0.4) is 0 Å². The van der Waals surface area contributed by atoms with Crippen molar-refractivity contribution in [1.29, 1.82) is 0 Å². The standard InChI is InChI=1S/C17H15NO/c1-11-17(12(2)19)16(10-18-11)15-8-7-13-5-3-4-6-14(13)9-15/h3-10,18H,1-2H3. The topological polar surface area (TPSA) is 32.9 Å². The van der Waals surface area contributed by atoms with E-state index < -0.39 is 0 Å². The molecule has 2 aromatic carbocycles. The van der Waals surface area contributed by atoms with E-state index in [-0.39, 0.29) is 5.78 Å². The molecule has 1 N–H and O–H groups in total. The number of carbonyl (C=O) groups is 1. The van der Waals surface area contributed by atoms with Crippen molar-refractivity contribution < 1.29 is 4.79 Å². The molecule has 3 rings (SSSR count). The van der Waals surface area contributed by atoms with Gasteiger partial charge in [0.15, 0.2) is 5.78 Å². The third-order valence-corrected chi connectivity index (χ3v) is 3.49. The van der Waals surface area contributed by atoms with Gasteiger partial charge < -0.3 is 4.98 Å². The van der Waals surface area contributed by atoms with Crippen molar-refractivity contribution in [1.82, 2.24) is 4.98 Å². The highest BCUT2D eigenvalue weighted by Crippen LogP contribution is 2.29. The minimum absolute atomic E-state index is 0.0990. The van der Waals surface area contributed by atoms with Crippen molar-refractivity contribution in [2.24, 2.45) is 0 Å². The Morgan fingerprint density at radius 3 is 2.53 bits per heavy atom. The van der Waals surface area contributed by atoms with Crippen LogP contribution in [0.1, 0.15) is 23.0 Å². The van der Waals surface area contributed by atoms with Crippen LogP contribution in [0.25, 0.3) is 21.9 Å². The normalized spacial score (nSPS) is 10.8. The fourth-order valence-corrected chi connectivity index (χ4v) is 2.56. The Bertz CT molecular complexity index is 768. The summed E-state index contributed by atoms with van der Waals surface area (Å²) < 4.78 is 0. The van der Waals surface area contributed by atoms with E-state index in [1.54, 1.807) is 6.92 Å². The van der Waals surface area contributed by atoms with Crippen LogP contribution >= 0.6 is 0 Å². The molecule has 0 spiro atoms. The summed E-state index contributed by atoms with van der Waals surface area (Å²) in [5, 5.41) is 2.40. The molecule has 0 aliphatic heterocycles. The predicted octanol–water partition coefficient (Wildman–Crippen LogP) is 4.35. The highest BCUT2D eigenvalue weighted by atomic mass is 16.1. The van der Waals surface area contributed by atoms with Gasteiger partial charge in [-0.2, -0.15) is 0 Å². The van der Waals surface area contributed by atoms with Crippen LogP contribution in [0.2, 0.25) is 0 Å². The van der Waals surface area contributed by atoms with Gasteiger partial charge in [0.05, 0.1) is 0 Å². The first kappa shape index (κ1) is 11.7. The number of Topliss-reactive ketones (excluding diaryl/α,β-unsaturated/α-hetero) is 1. The number of aromatic nitrogens is 1. The Hall–Kier alpha value is -2.35. The molecule has 0 aliphatic rings. The molecule has 1 aromatic heterocycles. The molecule has 2 heteroatoms. The third-order valence-electron chi connectivity index (χ3n) is 3.49. The molecule has 0 radical (unpaired) electrons. The van der Waals surface area contributed by atoms with Gasteiger partial charge in [-0.05, 0) is 36.2 Å². The average Bonchev–Trinajstić information content (AvgIpc) is 2.80. The zero-order valence-corrected chi connectivity index (χ0v) is 11.0. The highest BCUT2D eigenvalue weighted by molar-refractivity contribution is 6.03. The second kappa shape index (κ2) is 4.39. The maximum atomic E-state index is 11.8. The molecule has 19 heavy (non-hydrogen) atoms. The van der Waals surface area contributed by atoms with E-state index in [2.05, 4.69) is 35.3 Å². The maximum absolute atomic E-state index is 11.8. The summed E-state index contributed by atoms with van der Waals surface area (Å²) in [4.78, 5) is 14.9. The second-order valence-electron chi connectivity index (χ2n) is 4.82. The van der Waals surface area contributed by atoms with E-state index in [0.29, 0.717) is 0 Å². The zero-order valence-electron chi connectivity index (χ0n) is 11.0. The van der Waals surface area contributed by atoms with Crippen LogP contribution in [0, 0.1) is 6.92 Å². The van der Waals surface area contributed by atoms with Gasteiger partial charge in [0.2, 0.25) is 0 Å². The Balaban J connectivity index is 2.22. The molecule has 0 aliphatic carbocycles. The number of nitrogens with one attached hydrogen (secondary N) is 1. The number of aryl methyl sites for hydroxylation is 1. The number of hydrogen-bond donors (Lipinski definition) is 1. The van der Waals surface area contributed by atoms with Crippen molar-refractivity contribution in [3.63, 3.8) is 0 Å². The fourth-order valence-electron chi connectivity index (χ4n) is 2.56. The van der Waals surface area contributed by atoms with E-state index in [9.17, 15) is 4.79 Å². The molecule has 3 aromatic rings. The van der Waals surface area contributed by atoms with Crippen molar-refractivity contribution >= 4 is 16.6 Å². The van der Waals surface area contributed by atoms with Crippen molar-refractivity contribution in [2.45, 2.75) is 13.8 Å². The van der Waals surface area contributed by atoms with Crippen LogP contribution in [0.4, 0.5) is 0 Å². The Labute approximate surface area is 112 Å². The van der Waals surface area contributed by atoms with E-state index in [1.807, 2.05) is 25.3 Å². The van der Waals surface area contributed by atoms with Gasteiger partial charge in [0.1, 0.15) is 0 Å². The van der Waals surface area contributed by atoms with Gasteiger partial charge in [-0.3, -0.25) is 4.79 Å². The molecular weight excluding hydrogens is 234 g/mol. The predicted molar refractivity (Wildman–Crippen MR) is 78.5 cm³/mol. The average molecular weight is 249 g/mol. The first-order valence-corrected chi connectivity index (χ1v) is 6.35. The molecule has 0 saturated carbocycles. The van der Waals surface area contributed by atoms with E-state index in [4.69, 9.17) is 0 Å². The van der Waals surface area contributed by atoms with Crippen LogP contribution < -0.4 is 0 Å². The summed E-state index contributed by atoms with van der Waals surface area (Å²) in [6, 6.07) is 14.5. The Morgan fingerprint density at radius 2 is 1.79 bits per heavy atom. The lowest BCUT2D eigenvalue weighted by molar-refractivity contribution is 0.101. The summed E-state index contributed by atoms with van der Waals surface area (Å²) >= 11 is 0. The minimum Gasteiger partial charge on any atom is -0.364 e. The quantitative estimate of drug-likeness (QED) is 0.673. The number of benzene rings is 2. The van der Waals surface area contributed by atoms with Gasteiger partial charge in [0, 0.05) is 23.0 Å².